The van der Waals surface area contributed by atoms with Gasteiger partial charge in [-0.05, 0) is 43.0 Å². The Hall–Kier alpha value is -3.61. The molecule has 1 amide bonds. The molecule has 2 heterocycles. The molecule has 1 aliphatic heterocycles. The number of benzene rings is 2. The van der Waals surface area contributed by atoms with E-state index in [0.29, 0.717) is 37.3 Å². The van der Waals surface area contributed by atoms with Gasteiger partial charge in [0.15, 0.2) is 0 Å². The number of cyclic esters (lactones) is 1. The van der Waals surface area contributed by atoms with E-state index in [1.165, 1.54) is 11.1 Å². The summed E-state index contributed by atoms with van der Waals surface area (Å²) < 4.78 is 4.99. The molecule has 3 aromatic rings. The fourth-order valence-corrected chi connectivity index (χ4v) is 3.84. The van der Waals surface area contributed by atoms with Crippen molar-refractivity contribution >= 4 is 17.6 Å². The Kier molecular flexibility index (Phi) is 6.02. The summed E-state index contributed by atoms with van der Waals surface area (Å²) in [6, 6.07) is 16.3. The molecule has 160 valence electrons. The summed E-state index contributed by atoms with van der Waals surface area (Å²) in [5.41, 5.74) is 12.0. The van der Waals surface area contributed by atoms with Crippen molar-refractivity contribution in [1.29, 1.82) is 0 Å². The summed E-state index contributed by atoms with van der Waals surface area (Å²) in [4.78, 5) is 25.6. The lowest BCUT2D eigenvalue weighted by Crippen LogP contribution is -2.39. The summed E-state index contributed by atoms with van der Waals surface area (Å²) in [6.07, 6.45) is 1.96. The molecule has 1 fully saturated rings. The minimum absolute atomic E-state index is 0.211. The lowest BCUT2D eigenvalue weighted by atomic mass is 10.0. The number of ether oxygens (including phenoxy) is 1. The minimum atomic E-state index is -0.467. The topological polar surface area (TPSA) is 101 Å². The van der Waals surface area contributed by atoms with Gasteiger partial charge >= 0.3 is 5.97 Å². The predicted octanol–water partition coefficient (Wildman–Crippen LogP) is 2.56. The molecular weight excluding hydrogens is 392 g/mol. The van der Waals surface area contributed by atoms with Crippen LogP contribution in [0, 0.1) is 6.92 Å². The number of amides is 1. The van der Waals surface area contributed by atoms with E-state index in [-0.39, 0.29) is 12.5 Å². The van der Waals surface area contributed by atoms with Crippen molar-refractivity contribution in [2.24, 2.45) is 5.73 Å². The van der Waals surface area contributed by atoms with Crippen molar-refractivity contribution in [3.8, 4) is 0 Å². The number of carbonyl (C=O) groups is 2. The zero-order valence-electron chi connectivity index (χ0n) is 17.6. The number of aromatic amines is 1. The van der Waals surface area contributed by atoms with Crippen LogP contribution >= 0.6 is 0 Å². The first kappa shape index (κ1) is 20.7. The van der Waals surface area contributed by atoms with Gasteiger partial charge in [-0.1, -0.05) is 42.0 Å². The Bertz CT molecular complexity index is 1070. The molecule has 0 saturated carbocycles. The lowest BCUT2D eigenvalue weighted by Gasteiger charge is -2.27. The van der Waals surface area contributed by atoms with E-state index >= 15 is 0 Å². The minimum Gasteiger partial charge on any atom is -0.462 e. The molecule has 0 radical (unpaired) electrons. The van der Waals surface area contributed by atoms with Crippen LogP contribution in [0.1, 0.15) is 38.4 Å². The molecule has 7 heteroatoms. The number of nitrogens with two attached hydrogens (primary N) is 1. The van der Waals surface area contributed by atoms with Crippen LogP contribution in [0.4, 0.5) is 5.69 Å². The number of nitrogens with one attached hydrogen (secondary N) is 1. The van der Waals surface area contributed by atoms with Crippen LogP contribution < -0.4 is 10.6 Å². The first-order chi connectivity index (χ1) is 15.0. The summed E-state index contributed by atoms with van der Waals surface area (Å²) in [7, 11) is 0. The second kappa shape index (κ2) is 9.04. The zero-order chi connectivity index (χ0) is 21.8. The second-order valence-electron chi connectivity index (χ2n) is 7.86. The number of hydrogen-bond acceptors (Lipinski definition) is 5. The van der Waals surface area contributed by atoms with Crippen molar-refractivity contribution in [2.75, 3.05) is 24.6 Å². The van der Waals surface area contributed by atoms with Crippen LogP contribution in [0.3, 0.4) is 0 Å². The van der Waals surface area contributed by atoms with Crippen molar-refractivity contribution in [2.45, 2.75) is 26.2 Å². The summed E-state index contributed by atoms with van der Waals surface area (Å²) in [6.45, 7) is 3.40. The van der Waals surface area contributed by atoms with Crippen LogP contribution in [0.15, 0.2) is 48.5 Å². The number of aromatic nitrogens is 2. The Balaban J connectivity index is 1.46. The maximum atomic E-state index is 12.2. The molecule has 7 nitrogen and oxygen atoms in total. The molecule has 4 rings (SSSR count). The average Bonchev–Trinajstić information content (AvgIpc) is 3.16. The van der Waals surface area contributed by atoms with Crippen LogP contribution in [-0.2, 0) is 28.8 Å². The molecule has 3 N–H and O–H groups in total. The van der Waals surface area contributed by atoms with Gasteiger partial charge in [-0.3, -0.25) is 14.7 Å². The highest BCUT2D eigenvalue weighted by atomic mass is 16.5. The van der Waals surface area contributed by atoms with Gasteiger partial charge in [0.2, 0.25) is 0 Å². The molecule has 0 unspecified atom stereocenters. The van der Waals surface area contributed by atoms with E-state index in [0.717, 1.165) is 23.4 Å². The molecule has 0 atom stereocenters. The number of anilines is 1. The third-order valence-corrected chi connectivity index (χ3v) is 5.56. The fraction of sp³-hybridized carbons (Fsp3) is 0.292. The molecule has 0 aliphatic carbocycles. The number of rotatable bonds is 7. The average molecular weight is 418 g/mol. The van der Waals surface area contributed by atoms with Crippen LogP contribution in [0.2, 0.25) is 0 Å². The highest BCUT2D eigenvalue weighted by Crippen LogP contribution is 2.21. The van der Waals surface area contributed by atoms with Gasteiger partial charge in [0.05, 0.1) is 23.5 Å². The van der Waals surface area contributed by atoms with Crippen LogP contribution in [0.5, 0.6) is 0 Å². The Morgan fingerprint density at radius 1 is 1.10 bits per heavy atom. The van der Waals surface area contributed by atoms with E-state index < -0.39 is 5.91 Å². The number of H-pyrrole nitrogens is 1. The highest BCUT2D eigenvalue weighted by Gasteiger charge is 2.20. The normalized spacial score (nSPS) is 13.8. The van der Waals surface area contributed by atoms with Gasteiger partial charge in [-0.25, -0.2) is 0 Å². The van der Waals surface area contributed by atoms with E-state index in [9.17, 15) is 9.59 Å². The van der Waals surface area contributed by atoms with E-state index in [1.54, 1.807) is 0 Å². The van der Waals surface area contributed by atoms with Crippen molar-refractivity contribution < 1.29 is 14.3 Å². The molecule has 0 spiro atoms. The third-order valence-electron chi connectivity index (χ3n) is 5.56. The van der Waals surface area contributed by atoms with Crippen molar-refractivity contribution in [3.63, 3.8) is 0 Å². The summed E-state index contributed by atoms with van der Waals surface area (Å²) in [5.74, 6) is -0.678. The van der Waals surface area contributed by atoms with Gasteiger partial charge in [-0.15, -0.1) is 0 Å². The number of esters is 1. The summed E-state index contributed by atoms with van der Waals surface area (Å²) in [5, 5.41) is 7.39. The second-order valence-corrected chi connectivity index (χ2v) is 7.86. The van der Waals surface area contributed by atoms with Crippen molar-refractivity contribution in [3.05, 3.63) is 82.2 Å². The van der Waals surface area contributed by atoms with Gasteiger partial charge in [0.25, 0.3) is 5.91 Å². The van der Waals surface area contributed by atoms with Gasteiger partial charge < -0.3 is 15.4 Å². The Morgan fingerprint density at radius 2 is 1.81 bits per heavy atom. The lowest BCUT2D eigenvalue weighted by molar-refractivity contribution is -0.143. The number of hydrogen-bond donors (Lipinski definition) is 2. The molecule has 2 aromatic carbocycles. The van der Waals surface area contributed by atoms with Gasteiger partial charge in [0, 0.05) is 12.1 Å². The first-order valence-electron chi connectivity index (χ1n) is 10.4. The number of nitrogens with zero attached hydrogens (tertiary/aromatic N) is 2. The molecule has 31 heavy (non-hydrogen) atoms. The quantitative estimate of drug-likeness (QED) is 0.574. The molecule has 1 aliphatic rings. The number of aryl methyl sites for hydroxylation is 3. The van der Waals surface area contributed by atoms with E-state index in [4.69, 9.17) is 10.5 Å². The Morgan fingerprint density at radius 3 is 2.48 bits per heavy atom. The molecular formula is C24H26N4O3. The maximum Gasteiger partial charge on any atom is 0.325 e. The zero-order valence-corrected chi connectivity index (χ0v) is 17.6. The standard InChI is InChI=1S/C24H26N4O3/c1-16-2-4-17(5-3-16)8-11-20-23(24(25)30)21(27-26-20)14-18-6-9-19(10-7-18)28-12-13-31-22(29)15-28/h2-7,9-10H,8,11-15H2,1H3,(H2,25,30)(H,26,27). The monoisotopic (exact) mass is 418 g/mol. The highest BCUT2D eigenvalue weighted by molar-refractivity contribution is 5.95. The molecule has 1 saturated heterocycles. The molecule has 1 aromatic heterocycles. The van der Waals surface area contributed by atoms with Crippen LogP contribution in [-0.4, -0.2) is 41.8 Å². The number of carbonyl (C=O) groups excluding carboxylic acids is 2. The molecule has 0 bridgehead atoms. The number of morpholine rings is 1. The van der Waals surface area contributed by atoms with E-state index in [1.807, 2.05) is 29.2 Å². The van der Waals surface area contributed by atoms with Gasteiger partial charge in [0.1, 0.15) is 13.2 Å². The van der Waals surface area contributed by atoms with Crippen LogP contribution in [0.25, 0.3) is 0 Å². The first-order valence-corrected chi connectivity index (χ1v) is 10.4. The summed E-state index contributed by atoms with van der Waals surface area (Å²) >= 11 is 0. The smallest absolute Gasteiger partial charge is 0.325 e. The van der Waals surface area contributed by atoms with E-state index in [2.05, 4.69) is 41.4 Å². The predicted molar refractivity (Wildman–Crippen MR) is 118 cm³/mol. The third kappa shape index (κ3) is 4.94. The maximum absolute atomic E-state index is 12.2. The fourth-order valence-electron chi connectivity index (χ4n) is 3.84. The van der Waals surface area contributed by atoms with Crippen molar-refractivity contribution in [1.82, 2.24) is 10.2 Å². The Labute approximate surface area is 181 Å². The largest absolute Gasteiger partial charge is 0.462 e. The van der Waals surface area contributed by atoms with Gasteiger partial charge in [-0.2, -0.15) is 5.10 Å². The SMILES string of the molecule is Cc1ccc(CCc2n[nH]c(Cc3ccc(N4CCOC(=O)C4)cc3)c2C(N)=O)cc1. The number of primary amides is 1.